The van der Waals surface area contributed by atoms with Crippen LogP contribution in [0.3, 0.4) is 0 Å². The first-order valence-electron chi connectivity index (χ1n) is 6.71. The van der Waals surface area contributed by atoms with E-state index in [4.69, 9.17) is 0 Å². The Bertz CT molecular complexity index is 351. The predicted molar refractivity (Wildman–Crippen MR) is 76.9 cm³/mol. The van der Waals surface area contributed by atoms with Crippen LogP contribution >= 0.6 is 11.8 Å². The van der Waals surface area contributed by atoms with E-state index in [0.29, 0.717) is 0 Å². The van der Waals surface area contributed by atoms with Crippen LogP contribution < -0.4 is 0 Å². The molecule has 1 unspecified atom stereocenters. The van der Waals surface area contributed by atoms with Crippen molar-refractivity contribution in [2.45, 2.75) is 37.0 Å². The zero-order valence-electron chi connectivity index (χ0n) is 11.0. The summed E-state index contributed by atoms with van der Waals surface area (Å²) in [5, 5.41) is 0. The van der Waals surface area contributed by atoms with Gasteiger partial charge >= 0.3 is 0 Å². The third kappa shape index (κ3) is 3.49. The van der Waals surface area contributed by atoms with Crippen LogP contribution in [-0.2, 0) is 0 Å². The lowest BCUT2D eigenvalue weighted by molar-refractivity contribution is 0.311. The fourth-order valence-electron chi connectivity index (χ4n) is 2.48. The molecule has 1 atom stereocenters. The normalized spacial score (nSPS) is 18.6. The molecule has 0 saturated heterocycles. The van der Waals surface area contributed by atoms with Gasteiger partial charge < -0.3 is 4.90 Å². The maximum absolute atomic E-state index is 2.50. The van der Waals surface area contributed by atoms with E-state index in [2.05, 4.69) is 43.1 Å². The zero-order valence-corrected chi connectivity index (χ0v) is 11.8. The van der Waals surface area contributed by atoms with Crippen molar-refractivity contribution in [3.8, 4) is 0 Å². The van der Waals surface area contributed by atoms with Crippen LogP contribution in [0.25, 0.3) is 0 Å². The van der Waals surface area contributed by atoms with Crippen molar-refractivity contribution in [2.24, 2.45) is 0 Å². The molecule has 1 aromatic rings. The second-order valence-electron chi connectivity index (χ2n) is 5.02. The van der Waals surface area contributed by atoms with E-state index in [1.807, 2.05) is 11.8 Å². The molecule has 1 nitrogen and oxygen atoms in total. The SMILES string of the molecule is CCCCCN(C)CC1CSc2ccccc21. The highest BCUT2D eigenvalue weighted by Gasteiger charge is 2.23. The number of hydrogen-bond acceptors (Lipinski definition) is 2. The van der Waals surface area contributed by atoms with Crippen molar-refractivity contribution in [3.63, 3.8) is 0 Å². The third-order valence-corrected chi connectivity index (χ3v) is 4.73. The summed E-state index contributed by atoms with van der Waals surface area (Å²) in [6.07, 6.45) is 4.02. The molecule has 0 bridgehead atoms. The highest BCUT2D eigenvalue weighted by molar-refractivity contribution is 7.99. The summed E-state index contributed by atoms with van der Waals surface area (Å²) < 4.78 is 0. The summed E-state index contributed by atoms with van der Waals surface area (Å²) in [6.45, 7) is 4.73. The van der Waals surface area contributed by atoms with Crippen LogP contribution in [0.1, 0.15) is 37.7 Å². The minimum absolute atomic E-state index is 0.739. The first-order valence-corrected chi connectivity index (χ1v) is 7.70. The van der Waals surface area contributed by atoms with Gasteiger partial charge in [-0.25, -0.2) is 0 Å². The van der Waals surface area contributed by atoms with Crippen LogP contribution in [0.15, 0.2) is 29.2 Å². The van der Waals surface area contributed by atoms with Gasteiger partial charge in [0.1, 0.15) is 0 Å². The van der Waals surface area contributed by atoms with Crippen LogP contribution in [0, 0.1) is 0 Å². The van der Waals surface area contributed by atoms with Gasteiger partial charge in [-0.2, -0.15) is 0 Å². The molecule has 1 heterocycles. The second-order valence-corrected chi connectivity index (χ2v) is 6.08. The summed E-state index contributed by atoms with van der Waals surface area (Å²) in [5.74, 6) is 2.00. The summed E-state index contributed by atoms with van der Waals surface area (Å²) in [5.41, 5.74) is 1.57. The Hall–Kier alpha value is -0.470. The molecule has 0 spiro atoms. The summed E-state index contributed by atoms with van der Waals surface area (Å²) >= 11 is 2.02. The van der Waals surface area contributed by atoms with Gasteiger partial charge in [0, 0.05) is 23.1 Å². The van der Waals surface area contributed by atoms with E-state index in [1.165, 1.54) is 43.0 Å². The third-order valence-electron chi connectivity index (χ3n) is 3.47. The molecule has 0 aliphatic carbocycles. The lowest BCUT2D eigenvalue weighted by Crippen LogP contribution is -2.25. The first kappa shape index (κ1) is 13.0. The van der Waals surface area contributed by atoms with Gasteiger partial charge in [0.2, 0.25) is 0 Å². The molecule has 0 N–H and O–H groups in total. The van der Waals surface area contributed by atoms with Crippen LogP contribution in [-0.4, -0.2) is 30.8 Å². The van der Waals surface area contributed by atoms with Gasteiger partial charge in [-0.05, 0) is 31.6 Å². The molecule has 1 aliphatic heterocycles. The largest absolute Gasteiger partial charge is 0.306 e. The fourth-order valence-corrected chi connectivity index (χ4v) is 3.72. The molecule has 2 rings (SSSR count). The van der Waals surface area contributed by atoms with Gasteiger partial charge in [-0.1, -0.05) is 38.0 Å². The van der Waals surface area contributed by atoms with Gasteiger partial charge in [0.15, 0.2) is 0 Å². The predicted octanol–water partition coefficient (Wildman–Crippen LogP) is 4.00. The molecule has 0 aromatic heterocycles. The quantitative estimate of drug-likeness (QED) is 0.701. The number of nitrogens with zero attached hydrogens (tertiary/aromatic N) is 1. The average molecular weight is 249 g/mol. The number of fused-ring (bicyclic) bond motifs is 1. The monoisotopic (exact) mass is 249 g/mol. The van der Waals surface area contributed by atoms with Gasteiger partial charge in [-0.3, -0.25) is 0 Å². The molecular formula is C15H23NS. The van der Waals surface area contributed by atoms with Crippen molar-refractivity contribution >= 4 is 11.8 Å². The first-order chi connectivity index (χ1) is 8.31. The highest BCUT2D eigenvalue weighted by Crippen LogP contribution is 2.39. The lowest BCUT2D eigenvalue weighted by atomic mass is 10.0. The second kappa shape index (κ2) is 6.46. The molecule has 17 heavy (non-hydrogen) atoms. The number of benzene rings is 1. The van der Waals surface area contributed by atoms with Gasteiger partial charge in [0.05, 0.1) is 0 Å². The number of unbranched alkanes of at least 4 members (excludes halogenated alkanes) is 2. The number of rotatable bonds is 6. The van der Waals surface area contributed by atoms with Crippen LogP contribution in [0.4, 0.5) is 0 Å². The molecular weight excluding hydrogens is 226 g/mol. The molecule has 2 heteroatoms. The summed E-state index contributed by atoms with van der Waals surface area (Å²) in [4.78, 5) is 4.00. The topological polar surface area (TPSA) is 3.24 Å². The van der Waals surface area contributed by atoms with E-state index < -0.39 is 0 Å². The minimum Gasteiger partial charge on any atom is -0.306 e. The molecule has 0 saturated carbocycles. The van der Waals surface area contributed by atoms with Crippen molar-refractivity contribution in [3.05, 3.63) is 29.8 Å². The van der Waals surface area contributed by atoms with Gasteiger partial charge in [-0.15, -0.1) is 11.8 Å². The summed E-state index contributed by atoms with van der Waals surface area (Å²) in [6, 6.07) is 8.89. The smallest absolute Gasteiger partial charge is 0.0108 e. The van der Waals surface area contributed by atoms with Crippen LogP contribution in [0.2, 0.25) is 0 Å². The number of likely N-dealkylation sites (N-methyl/N-ethyl adjacent to an activating group) is 1. The number of hydrogen-bond donors (Lipinski definition) is 0. The molecule has 1 aliphatic rings. The van der Waals surface area contributed by atoms with E-state index in [9.17, 15) is 0 Å². The molecule has 0 radical (unpaired) electrons. The number of thioether (sulfide) groups is 1. The lowest BCUT2D eigenvalue weighted by Gasteiger charge is -2.21. The molecule has 1 aromatic carbocycles. The molecule has 0 amide bonds. The zero-order chi connectivity index (χ0) is 12.1. The maximum Gasteiger partial charge on any atom is 0.0108 e. The Morgan fingerprint density at radius 2 is 2.12 bits per heavy atom. The van der Waals surface area contributed by atoms with E-state index in [-0.39, 0.29) is 0 Å². The van der Waals surface area contributed by atoms with Crippen molar-refractivity contribution in [1.29, 1.82) is 0 Å². The van der Waals surface area contributed by atoms with Crippen molar-refractivity contribution in [2.75, 3.05) is 25.9 Å². The highest BCUT2D eigenvalue weighted by atomic mass is 32.2. The molecule has 94 valence electrons. The van der Waals surface area contributed by atoms with Crippen LogP contribution in [0.5, 0.6) is 0 Å². The Morgan fingerprint density at radius 1 is 1.29 bits per heavy atom. The van der Waals surface area contributed by atoms with E-state index >= 15 is 0 Å². The minimum atomic E-state index is 0.739. The summed E-state index contributed by atoms with van der Waals surface area (Å²) in [7, 11) is 2.27. The van der Waals surface area contributed by atoms with Crippen molar-refractivity contribution < 1.29 is 0 Å². The Kier molecular flexibility index (Phi) is 4.93. The van der Waals surface area contributed by atoms with E-state index in [0.717, 1.165) is 5.92 Å². The fraction of sp³-hybridized carbons (Fsp3) is 0.600. The average Bonchev–Trinajstić information content (AvgIpc) is 2.73. The van der Waals surface area contributed by atoms with E-state index in [1.54, 1.807) is 5.56 Å². The molecule has 0 fully saturated rings. The standard InChI is InChI=1S/C15H23NS/c1-3-4-7-10-16(2)11-13-12-17-15-9-6-5-8-14(13)15/h5-6,8-9,13H,3-4,7,10-12H2,1-2H3. The van der Waals surface area contributed by atoms with Crippen molar-refractivity contribution in [1.82, 2.24) is 4.90 Å². The Morgan fingerprint density at radius 3 is 2.94 bits per heavy atom. The Balaban J connectivity index is 1.84. The van der Waals surface area contributed by atoms with Gasteiger partial charge in [0.25, 0.3) is 0 Å². The maximum atomic E-state index is 2.50. The Labute approximate surface area is 110 Å².